The van der Waals surface area contributed by atoms with Crippen LogP contribution in [0.3, 0.4) is 0 Å². The van der Waals surface area contributed by atoms with Crippen molar-refractivity contribution in [3.8, 4) is 0 Å². The normalized spacial score (nSPS) is 13.5. The zero-order valence-corrected chi connectivity index (χ0v) is 18.1. The number of carbonyl (C=O) groups is 3. The molecule has 0 atom stereocenters. The van der Waals surface area contributed by atoms with E-state index < -0.39 is 17.6 Å². The van der Waals surface area contributed by atoms with E-state index in [1.807, 2.05) is 30.3 Å². The number of imide groups is 1. The van der Waals surface area contributed by atoms with Crippen molar-refractivity contribution in [2.45, 2.75) is 6.42 Å². The molecular formula is C25H19ClFN3O3. The number of amides is 3. The van der Waals surface area contributed by atoms with Gasteiger partial charge < -0.3 is 10.6 Å². The lowest BCUT2D eigenvalue weighted by molar-refractivity contribution is -0.120. The van der Waals surface area contributed by atoms with Gasteiger partial charge in [-0.05, 0) is 48.4 Å². The van der Waals surface area contributed by atoms with Crippen molar-refractivity contribution >= 4 is 40.7 Å². The highest BCUT2D eigenvalue weighted by atomic mass is 35.5. The van der Waals surface area contributed by atoms with Gasteiger partial charge in [0.25, 0.3) is 17.7 Å². The number of nitrogens with one attached hydrogen (secondary N) is 2. The van der Waals surface area contributed by atoms with Crippen LogP contribution in [-0.4, -0.2) is 24.3 Å². The Bertz CT molecular complexity index is 1240. The van der Waals surface area contributed by atoms with Crippen LogP contribution < -0.4 is 15.5 Å². The molecule has 6 nitrogen and oxygen atoms in total. The van der Waals surface area contributed by atoms with E-state index in [-0.39, 0.29) is 22.3 Å². The Labute approximate surface area is 194 Å². The van der Waals surface area contributed by atoms with E-state index in [9.17, 15) is 18.8 Å². The van der Waals surface area contributed by atoms with Crippen molar-refractivity contribution in [1.29, 1.82) is 0 Å². The van der Waals surface area contributed by atoms with Gasteiger partial charge in [-0.3, -0.25) is 14.4 Å². The second kappa shape index (κ2) is 9.67. The van der Waals surface area contributed by atoms with Gasteiger partial charge in [-0.1, -0.05) is 54.1 Å². The molecule has 8 heteroatoms. The van der Waals surface area contributed by atoms with Gasteiger partial charge in [0.1, 0.15) is 16.5 Å². The molecule has 33 heavy (non-hydrogen) atoms. The minimum Gasteiger partial charge on any atom is -0.352 e. The first-order chi connectivity index (χ1) is 16.0. The Hall–Kier alpha value is -3.97. The van der Waals surface area contributed by atoms with Gasteiger partial charge in [-0.25, -0.2) is 9.29 Å². The maximum absolute atomic E-state index is 14.1. The molecule has 3 aromatic carbocycles. The molecular weight excluding hydrogens is 445 g/mol. The van der Waals surface area contributed by atoms with Crippen LogP contribution >= 0.6 is 11.6 Å². The molecule has 3 amide bonds. The van der Waals surface area contributed by atoms with E-state index in [1.54, 1.807) is 24.3 Å². The lowest BCUT2D eigenvalue weighted by atomic mass is 10.1. The Morgan fingerprint density at radius 2 is 1.55 bits per heavy atom. The fraction of sp³-hybridized carbons (Fsp3) is 0.0800. The molecule has 0 bridgehead atoms. The summed E-state index contributed by atoms with van der Waals surface area (Å²) < 4.78 is 14.1. The Kier molecular flexibility index (Phi) is 6.51. The third kappa shape index (κ3) is 4.78. The molecule has 0 unspecified atom stereocenters. The summed E-state index contributed by atoms with van der Waals surface area (Å²) in [5, 5.41) is 5.32. The summed E-state index contributed by atoms with van der Waals surface area (Å²) >= 11 is 6.08. The van der Waals surface area contributed by atoms with Gasteiger partial charge in [0, 0.05) is 17.8 Å². The highest BCUT2D eigenvalue weighted by Crippen LogP contribution is 2.31. The second-order valence-corrected chi connectivity index (χ2v) is 7.66. The molecule has 0 fully saturated rings. The van der Waals surface area contributed by atoms with Crippen LogP contribution in [0, 0.1) is 5.82 Å². The molecule has 0 aliphatic carbocycles. The van der Waals surface area contributed by atoms with Crippen LogP contribution in [0.25, 0.3) is 0 Å². The molecule has 1 aliphatic rings. The summed E-state index contributed by atoms with van der Waals surface area (Å²) in [5.74, 6) is -2.53. The Morgan fingerprint density at radius 1 is 0.879 bits per heavy atom. The molecule has 0 radical (unpaired) electrons. The van der Waals surface area contributed by atoms with Gasteiger partial charge in [-0.15, -0.1) is 0 Å². The average Bonchev–Trinajstić information content (AvgIpc) is 3.03. The first-order valence-corrected chi connectivity index (χ1v) is 10.6. The zero-order chi connectivity index (χ0) is 23.4. The van der Waals surface area contributed by atoms with Crippen molar-refractivity contribution < 1.29 is 18.8 Å². The topological polar surface area (TPSA) is 78.5 Å². The molecule has 0 aromatic heterocycles. The Balaban J connectivity index is 1.40. The van der Waals surface area contributed by atoms with Crippen LogP contribution in [0.1, 0.15) is 15.9 Å². The van der Waals surface area contributed by atoms with Crippen LogP contribution in [0.5, 0.6) is 0 Å². The average molecular weight is 464 g/mol. The van der Waals surface area contributed by atoms with Crippen molar-refractivity contribution in [3.05, 3.63) is 107 Å². The monoisotopic (exact) mass is 463 g/mol. The van der Waals surface area contributed by atoms with Gasteiger partial charge in [-0.2, -0.15) is 0 Å². The lowest BCUT2D eigenvalue weighted by Gasteiger charge is -2.15. The standard InChI is InChI=1S/C25H19ClFN3O3/c26-21-22(25(33)30(24(21)32)20-9-5-4-8-19(20)27)29-18-12-10-17(11-13-18)23(31)28-15-14-16-6-2-1-3-7-16/h1-13,29H,14-15H2,(H,28,31). The van der Waals surface area contributed by atoms with Crippen molar-refractivity contribution in [3.63, 3.8) is 0 Å². The van der Waals surface area contributed by atoms with Crippen LogP contribution in [0.2, 0.25) is 0 Å². The summed E-state index contributed by atoms with van der Waals surface area (Å²) in [4.78, 5) is 38.3. The van der Waals surface area contributed by atoms with E-state index >= 15 is 0 Å². The summed E-state index contributed by atoms with van der Waals surface area (Å²) in [6.07, 6.45) is 0.716. The third-order valence-electron chi connectivity index (χ3n) is 5.08. The molecule has 0 spiro atoms. The van der Waals surface area contributed by atoms with Gasteiger partial charge >= 0.3 is 0 Å². The van der Waals surface area contributed by atoms with Crippen molar-refractivity contribution in [2.24, 2.45) is 0 Å². The molecule has 2 N–H and O–H groups in total. The zero-order valence-electron chi connectivity index (χ0n) is 17.3. The molecule has 1 aliphatic heterocycles. The number of anilines is 2. The fourth-order valence-corrected chi connectivity index (χ4v) is 3.59. The first-order valence-electron chi connectivity index (χ1n) is 10.2. The van der Waals surface area contributed by atoms with E-state index in [2.05, 4.69) is 10.6 Å². The highest BCUT2D eigenvalue weighted by molar-refractivity contribution is 6.53. The molecule has 4 rings (SSSR count). The van der Waals surface area contributed by atoms with Gasteiger partial charge in [0.15, 0.2) is 0 Å². The molecule has 3 aromatic rings. The van der Waals surface area contributed by atoms with Crippen molar-refractivity contribution in [2.75, 3.05) is 16.8 Å². The molecule has 0 saturated carbocycles. The molecule has 1 heterocycles. The quantitative estimate of drug-likeness (QED) is 0.514. The number of hydrogen-bond acceptors (Lipinski definition) is 4. The van der Waals surface area contributed by atoms with Crippen LogP contribution in [0.4, 0.5) is 15.8 Å². The minimum atomic E-state index is -0.816. The predicted molar refractivity (Wildman–Crippen MR) is 124 cm³/mol. The maximum Gasteiger partial charge on any atom is 0.283 e. The molecule has 166 valence electrons. The fourth-order valence-electron chi connectivity index (χ4n) is 3.38. The van der Waals surface area contributed by atoms with Gasteiger partial charge in [0.2, 0.25) is 0 Å². The predicted octanol–water partition coefficient (Wildman–Crippen LogP) is 4.23. The number of rotatable bonds is 7. The summed E-state index contributed by atoms with van der Waals surface area (Å²) in [5.41, 5.74) is 1.67. The smallest absolute Gasteiger partial charge is 0.283 e. The highest BCUT2D eigenvalue weighted by Gasteiger charge is 2.40. The number of nitrogens with zero attached hydrogens (tertiary/aromatic N) is 1. The van der Waals surface area contributed by atoms with Gasteiger partial charge in [0.05, 0.1) is 5.69 Å². The van der Waals surface area contributed by atoms with Crippen LogP contribution in [0.15, 0.2) is 89.6 Å². The minimum absolute atomic E-state index is 0.162. The summed E-state index contributed by atoms with van der Waals surface area (Å²) in [6.45, 7) is 0.494. The number of benzene rings is 3. The Morgan fingerprint density at radius 3 is 2.24 bits per heavy atom. The van der Waals surface area contributed by atoms with E-state index in [0.29, 0.717) is 29.1 Å². The van der Waals surface area contributed by atoms with E-state index in [0.717, 1.165) is 11.6 Å². The second-order valence-electron chi connectivity index (χ2n) is 7.28. The van der Waals surface area contributed by atoms with Crippen molar-refractivity contribution in [1.82, 2.24) is 5.32 Å². The lowest BCUT2D eigenvalue weighted by Crippen LogP contribution is -2.33. The summed E-state index contributed by atoms with van der Waals surface area (Å²) in [6, 6.07) is 21.6. The third-order valence-corrected chi connectivity index (χ3v) is 5.43. The molecule has 0 saturated heterocycles. The number of para-hydroxylation sites is 1. The summed E-state index contributed by atoms with van der Waals surface area (Å²) in [7, 11) is 0. The van der Waals surface area contributed by atoms with E-state index in [4.69, 9.17) is 11.6 Å². The SMILES string of the molecule is O=C(NCCc1ccccc1)c1ccc(NC2=C(Cl)C(=O)N(c3ccccc3F)C2=O)cc1. The number of halogens is 2. The number of hydrogen-bond donors (Lipinski definition) is 2. The first kappa shape index (κ1) is 22.2. The largest absolute Gasteiger partial charge is 0.352 e. The maximum atomic E-state index is 14.1. The van der Waals surface area contributed by atoms with E-state index in [1.165, 1.54) is 18.2 Å². The number of carbonyl (C=O) groups excluding carboxylic acids is 3. The van der Waals surface area contributed by atoms with Crippen LogP contribution in [-0.2, 0) is 16.0 Å².